The molecule has 0 aliphatic carbocycles. The van der Waals surface area contributed by atoms with Crippen molar-refractivity contribution in [2.24, 2.45) is 12.8 Å². The molecule has 0 spiro atoms. The third-order valence-electron chi connectivity index (χ3n) is 12.5. The molecule has 37 heteroatoms. The highest BCUT2D eigenvalue weighted by molar-refractivity contribution is 7.86. The summed E-state index contributed by atoms with van der Waals surface area (Å²) >= 11 is 5.15. The zero-order valence-corrected chi connectivity index (χ0v) is 59.2. The molecule has 1 aliphatic rings. The van der Waals surface area contributed by atoms with Crippen LogP contribution in [0.15, 0.2) is 232 Å². The van der Waals surface area contributed by atoms with E-state index in [4.69, 9.17) is 47.4 Å². The van der Waals surface area contributed by atoms with E-state index in [0.717, 1.165) is 41.4 Å². The van der Waals surface area contributed by atoms with Crippen molar-refractivity contribution in [1.29, 1.82) is 0 Å². The molecule has 9 aromatic rings. The van der Waals surface area contributed by atoms with E-state index in [1.54, 1.807) is 116 Å². The molecule has 9 aromatic heterocycles. The van der Waals surface area contributed by atoms with E-state index in [0.29, 0.717) is 30.5 Å². The molecule has 0 aromatic carbocycles. The number of aromatic nitrogens is 9. The fraction of sp³-hybridized carbons (Fsp3) is 0.224. The van der Waals surface area contributed by atoms with Gasteiger partial charge in [-0.1, -0.05) is 18.2 Å². The second-order valence-corrected chi connectivity index (χ2v) is 25.8. The number of piperidine rings is 1. The van der Waals surface area contributed by atoms with Crippen LogP contribution in [-0.4, -0.2) is 188 Å². The summed E-state index contributed by atoms with van der Waals surface area (Å²) in [6.45, 7) is 3.63. The number of amides is 1. The first-order valence-corrected chi connectivity index (χ1v) is 35.1. The van der Waals surface area contributed by atoms with Crippen molar-refractivity contribution in [2.75, 3.05) is 38.2 Å². The van der Waals surface area contributed by atoms with Crippen LogP contribution in [0.1, 0.15) is 95.2 Å². The predicted octanol–water partition coefficient (Wildman–Crippen LogP) is 4.79. The maximum absolute atomic E-state index is 10.4. The smallest absolute Gasteiger partial charge is 0.354 e. The number of quaternary nitrogens is 1. The van der Waals surface area contributed by atoms with Gasteiger partial charge in [-0.25, -0.2) is 50.1 Å². The van der Waals surface area contributed by atoms with E-state index in [-0.39, 0.29) is 56.8 Å². The number of carboxylic acids is 5. The van der Waals surface area contributed by atoms with Crippen LogP contribution >= 0.6 is 11.6 Å². The molecular formula is C67H79ClN11O22S3+. The molecular weight excluding hydrogens is 1440 g/mol. The van der Waals surface area contributed by atoms with Gasteiger partial charge in [0.1, 0.15) is 29.7 Å². The zero-order chi connectivity index (χ0) is 77.1. The normalized spacial score (nSPS) is 11.2. The molecule has 0 atom stereocenters. The van der Waals surface area contributed by atoms with Gasteiger partial charge < -0.3 is 50.3 Å². The van der Waals surface area contributed by atoms with E-state index < -0.39 is 66.1 Å². The van der Waals surface area contributed by atoms with Gasteiger partial charge in [-0.3, -0.25) is 48.8 Å². The van der Waals surface area contributed by atoms with Crippen molar-refractivity contribution in [1.82, 2.24) is 34.9 Å². The maximum Gasteiger partial charge on any atom is 0.354 e. The molecule has 1 fully saturated rings. The predicted molar refractivity (Wildman–Crippen MR) is 373 cm³/mol. The van der Waals surface area contributed by atoms with Gasteiger partial charge in [0.05, 0.1) is 70.0 Å². The van der Waals surface area contributed by atoms with Crippen LogP contribution < -0.4 is 14.9 Å². The van der Waals surface area contributed by atoms with Gasteiger partial charge in [0.15, 0.2) is 24.8 Å². The fourth-order valence-electron chi connectivity index (χ4n) is 7.66. The van der Waals surface area contributed by atoms with Gasteiger partial charge >= 0.3 is 29.8 Å². The summed E-state index contributed by atoms with van der Waals surface area (Å²) in [5.74, 6) is -5.50. The number of carboxylic acid groups (broad SMARTS) is 5. The Balaban J connectivity index is 0.00000114. The van der Waals surface area contributed by atoms with Crippen molar-refractivity contribution in [3.05, 3.63) is 266 Å². The van der Waals surface area contributed by atoms with Crippen LogP contribution in [0.25, 0.3) is 0 Å². The van der Waals surface area contributed by atoms with Crippen molar-refractivity contribution >= 4 is 83.0 Å². The number of nitrogens with zero attached hydrogens (tertiary/aromatic N) is 10. The van der Waals surface area contributed by atoms with Gasteiger partial charge in [0.25, 0.3) is 10.1 Å². The lowest BCUT2D eigenvalue weighted by molar-refractivity contribution is -0.914. The van der Waals surface area contributed by atoms with Crippen LogP contribution in [0.3, 0.4) is 0 Å². The maximum atomic E-state index is 10.4. The number of rotatable bonds is 18. The second-order valence-electron chi connectivity index (χ2n) is 21.0. The van der Waals surface area contributed by atoms with Crippen LogP contribution in [0, 0.1) is 0 Å². The Hall–Kier alpha value is -11.2. The highest BCUT2D eigenvalue weighted by atomic mass is 35.5. The Bertz CT molecular complexity index is 4050. The third kappa shape index (κ3) is 49.3. The van der Waals surface area contributed by atoms with Crippen LogP contribution in [0.2, 0.25) is 0 Å². The number of carbonyl (C=O) groups excluding carboxylic acids is 2. The summed E-state index contributed by atoms with van der Waals surface area (Å²) in [5, 5.41) is 41.5. The Morgan fingerprint density at radius 2 is 1.01 bits per heavy atom. The minimum absolute atomic E-state index is 0. The van der Waals surface area contributed by atoms with E-state index in [2.05, 4.69) is 41.9 Å². The summed E-state index contributed by atoms with van der Waals surface area (Å²) in [7, 11) is -8.20. The van der Waals surface area contributed by atoms with Crippen molar-refractivity contribution in [2.45, 2.75) is 56.4 Å². The molecule has 1 aliphatic heterocycles. The number of aliphatic carboxylic acids is 1. The Morgan fingerprint density at radius 1 is 0.510 bits per heavy atom. The van der Waals surface area contributed by atoms with Crippen molar-refractivity contribution in [3.8, 4) is 0 Å². The number of primary amides is 1. The lowest BCUT2D eigenvalue weighted by Crippen LogP contribution is -2.48. The van der Waals surface area contributed by atoms with Crippen molar-refractivity contribution in [3.63, 3.8) is 0 Å². The van der Waals surface area contributed by atoms with Gasteiger partial charge in [-0.2, -0.15) is 8.42 Å². The molecule has 558 valence electrons. The molecule has 33 nitrogen and oxygen atoms in total. The number of aromatic carboxylic acids is 4. The first kappa shape index (κ1) is 92.8. The Morgan fingerprint density at radius 3 is 1.38 bits per heavy atom. The van der Waals surface area contributed by atoms with Crippen LogP contribution in [0.5, 0.6) is 0 Å². The van der Waals surface area contributed by atoms with Gasteiger partial charge in [0, 0.05) is 130 Å². The lowest BCUT2D eigenvalue weighted by atomic mass is 10.1. The summed E-state index contributed by atoms with van der Waals surface area (Å²) in [6, 6.07) is 32.5. The number of halogens is 1. The first-order chi connectivity index (χ1) is 48.6. The number of aryl methyl sites for hydroxylation is 2. The SMILES string of the molecule is C[N+]1(CCCS(=O)(=O)[O-])CCCCC1.C[n+]1cccc(C(=O)O)c1.NC(=O)c1cccnc1.O.O=C(Cl)Cc1cccnc1.O=C(O)Cc1ccncc1.O=C(O)c1ccccn1.O=C(O)c1cccnc1.O=C(O)c1ccncc1.O=S(=O)(O)c1cccnc1.O=S(=O)([O-])CCC[n+]1ccccc1. The molecule has 1 amide bonds. The molecule has 10 heterocycles. The highest BCUT2D eigenvalue weighted by Gasteiger charge is 2.24. The largest absolute Gasteiger partial charge is 0.748 e. The topological polar surface area (TPSA) is 545 Å². The van der Waals surface area contributed by atoms with Gasteiger partial charge in [0.2, 0.25) is 11.1 Å². The van der Waals surface area contributed by atoms with Crippen molar-refractivity contribution < 1.29 is 117 Å². The quantitative estimate of drug-likeness (QED) is 0.0263. The average Bonchev–Trinajstić information content (AvgIpc) is 0.879. The van der Waals surface area contributed by atoms with E-state index in [1.807, 2.05) is 41.2 Å². The molecule has 0 unspecified atom stereocenters. The van der Waals surface area contributed by atoms with E-state index in [9.17, 15) is 67.9 Å². The third-order valence-corrected chi connectivity index (χ3v) is 15.1. The van der Waals surface area contributed by atoms with Crippen LogP contribution in [0.4, 0.5) is 0 Å². The Labute approximate surface area is 604 Å². The molecule has 0 bridgehead atoms. The monoisotopic (exact) mass is 1520 g/mol. The molecule has 10 N–H and O–H groups in total. The molecule has 10 rings (SSSR count). The zero-order valence-electron chi connectivity index (χ0n) is 56.0. The number of carbonyl (C=O) groups is 7. The number of hydrogen-bond donors (Lipinski definition) is 7. The minimum Gasteiger partial charge on any atom is -0.748 e. The lowest BCUT2D eigenvalue weighted by Gasteiger charge is -2.37. The molecule has 1 saturated heterocycles. The van der Waals surface area contributed by atoms with E-state index in [1.165, 1.54) is 99.0 Å². The van der Waals surface area contributed by atoms with Crippen LogP contribution in [-0.2, 0) is 66.4 Å². The summed E-state index contributed by atoms with van der Waals surface area (Å²) in [6.07, 6.45) is 31.1. The second kappa shape index (κ2) is 51.8. The molecule has 104 heavy (non-hydrogen) atoms. The van der Waals surface area contributed by atoms with Gasteiger partial charge in [-0.15, -0.1) is 0 Å². The number of hydrogen-bond acceptors (Lipinski definition) is 22. The van der Waals surface area contributed by atoms with Gasteiger partial charge in [-0.05, 0) is 127 Å². The summed E-state index contributed by atoms with van der Waals surface area (Å²) in [5.41, 5.74) is 7.89. The Kier molecular flexibility index (Phi) is 46.3. The molecule has 0 radical (unpaired) electrons. The number of likely N-dealkylation sites (tertiary alicyclic amines) is 1. The highest BCUT2D eigenvalue weighted by Crippen LogP contribution is 2.17. The number of pyridine rings is 9. The minimum atomic E-state index is -4.07. The number of nitrogens with two attached hydrogens (primary N) is 1. The van der Waals surface area contributed by atoms with E-state index >= 15 is 0 Å². The molecule has 0 saturated carbocycles. The summed E-state index contributed by atoms with van der Waals surface area (Å²) < 4.78 is 95.6. The fourth-order valence-corrected chi connectivity index (χ4v) is 9.23. The first-order valence-electron chi connectivity index (χ1n) is 30.1. The average molecular weight is 1520 g/mol. The standard InChI is InChI=1S/C9H19NO3S.C8H11NO3S.C7H6ClNO.2C7H7NO2.C6H6N2O.3C6H5NO2.C5H5NO3S.H2O/c1-10(6-3-2-4-7-10)8-5-9-14(11,12)13;10-13(11,12)8-4-7-9-5-2-1-3-6-9;8-7(10)4-6-2-1-3-9-5-6;1-8-4-2-3-6(5-8)7(9)10;9-7(10)5-6-1-3-8-4-2-6;7-6(9)5-2-1-3-8-4-5;8-6(9)5-1-3-7-4-2-5;8-6(9)5-2-1-3-7-4-5;8-6(9)5-3-1-2-4-7-5;7-10(8,9)5-2-1-3-6-4-5;/h2-9H2,1H3;1-3,5-6H,4,7-8H2;1-3,5H,4H2;2-5H,1H3;1-4H,5H2,(H,9,10);1-4H,(H2,7,9);3*1-4H,(H,8,9);1-4H,(H,7,8,9);1H2/p+1. The summed E-state index contributed by atoms with van der Waals surface area (Å²) in [4.78, 5) is 97.2.